The van der Waals surface area contributed by atoms with Gasteiger partial charge in [-0.1, -0.05) is 6.08 Å². The van der Waals surface area contributed by atoms with Gasteiger partial charge in [0, 0.05) is 6.92 Å². The van der Waals surface area contributed by atoms with Gasteiger partial charge in [-0.25, -0.2) is 0 Å². The summed E-state index contributed by atoms with van der Waals surface area (Å²) in [5.41, 5.74) is 1.50. The molecule has 0 aliphatic rings. The summed E-state index contributed by atoms with van der Waals surface area (Å²) in [5.74, 6) is 0. The Morgan fingerprint density at radius 2 is 2.06 bits per heavy atom. The van der Waals surface area contributed by atoms with E-state index in [1.807, 2.05) is 6.08 Å². The van der Waals surface area contributed by atoms with Gasteiger partial charge in [0.2, 0.25) is 5.70 Å². The van der Waals surface area contributed by atoms with Crippen LogP contribution < -0.4 is 0 Å². The molecule has 0 aromatic heterocycles. The number of hydrogen-bond donors (Lipinski definition) is 0. The minimum absolute atomic E-state index is 0.231. The van der Waals surface area contributed by atoms with Crippen LogP contribution in [0.2, 0.25) is 0 Å². The second kappa shape index (κ2) is 10.6. The van der Waals surface area contributed by atoms with Gasteiger partial charge in [-0.05, 0) is 50.2 Å². The lowest BCUT2D eigenvalue weighted by molar-refractivity contribution is -0.424. The molecule has 0 N–H and O–H groups in total. The summed E-state index contributed by atoms with van der Waals surface area (Å²) < 4.78 is 5.03. The first-order valence-corrected chi connectivity index (χ1v) is 6.24. The first-order valence-electron chi connectivity index (χ1n) is 6.24. The molecule has 18 heavy (non-hydrogen) atoms. The second-order valence-electron chi connectivity index (χ2n) is 4.19. The first-order chi connectivity index (χ1) is 8.61. The summed E-state index contributed by atoms with van der Waals surface area (Å²) in [4.78, 5) is 10.0. The molecule has 0 aromatic rings. The molecule has 0 heterocycles. The number of hydrogen-bond acceptors (Lipinski definition) is 3. The molecular weight excluding hydrogens is 230 g/mol. The van der Waals surface area contributed by atoms with Crippen molar-refractivity contribution in [3.63, 3.8) is 0 Å². The van der Waals surface area contributed by atoms with Crippen molar-refractivity contribution in [3.05, 3.63) is 46.4 Å². The number of unbranched alkanes of at least 4 members (excludes halogenated alkanes) is 2. The molecule has 102 valence electrons. The van der Waals surface area contributed by atoms with Gasteiger partial charge >= 0.3 is 0 Å². The SMILES string of the molecule is C=CCC/C(=C/OC)CCCC/C=C(\C)[N+](=O)[O-]. The van der Waals surface area contributed by atoms with Crippen molar-refractivity contribution in [2.75, 3.05) is 7.11 Å². The maximum Gasteiger partial charge on any atom is 0.239 e. The highest BCUT2D eigenvalue weighted by atomic mass is 16.6. The predicted molar refractivity (Wildman–Crippen MR) is 73.7 cm³/mol. The van der Waals surface area contributed by atoms with Crippen molar-refractivity contribution in [2.24, 2.45) is 0 Å². The van der Waals surface area contributed by atoms with Gasteiger partial charge in [0.1, 0.15) is 0 Å². The van der Waals surface area contributed by atoms with Crippen LogP contribution in [0.25, 0.3) is 0 Å². The fourth-order valence-electron chi connectivity index (χ4n) is 1.58. The molecule has 0 unspecified atom stereocenters. The zero-order valence-corrected chi connectivity index (χ0v) is 11.4. The largest absolute Gasteiger partial charge is 0.504 e. The lowest BCUT2D eigenvalue weighted by Crippen LogP contribution is -1.93. The van der Waals surface area contributed by atoms with E-state index in [2.05, 4.69) is 6.58 Å². The van der Waals surface area contributed by atoms with E-state index in [0.717, 1.165) is 38.5 Å². The summed E-state index contributed by atoms with van der Waals surface area (Å²) in [5, 5.41) is 10.4. The van der Waals surface area contributed by atoms with Crippen LogP contribution in [0.5, 0.6) is 0 Å². The summed E-state index contributed by atoms with van der Waals surface area (Å²) in [7, 11) is 1.65. The Hall–Kier alpha value is -1.58. The lowest BCUT2D eigenvalue weighted by Gasteiger charge is -2.05. The molecule has 0 aromatic carbocycles. The molecule has 0 rings (SSSR count). The first kappa shape index (κ1) is 16.4. The molecule has 0 spiro atoms. The van der Waals surface area contributed by atoms with Gasteiger partial charge in [-0.15, -0.1) is 6.58 Å². The van der Waals surface area contributed by atoms with Crippen molar-refractivity contribution in [3.8, 4) is 0 Å². The van der Waals surface area contributed by atoms with Crippen LogP contribution in [0.4, 0.5) is 0 Å². The van der Waals surface area contributed by atoms with Crippen molar-refractivity contribution < 1.29 is 9.66 Å². The molecule has 0 aliphatic carbocycles. The third-order valence-electron chi connectivity index (χ3n) is 2.63. The number of nitrogens with zero attached hydrogens (tertiary/aromatic N) is 1. The van der Waals surface area contributed by atoms with E-state index < -0.39 is 0 Å². The fourth-order valence-corrected chi connectivity index (χ4v) is 1.58. The Morgan fingerprint density at radius 1 is 1.33 bits per heavy atom. The average molecular weight is 253 g/mol. The maximum atomic E-state index is 10.4. The second-order valence-corrected chi connectivity index (χ2v) is 4.19. The summed E-state index contributed by atoms with van der Waals surface area (Å²) in [6.07, 6.45) is 11.0. The standard InChI is InChI=1S/C14H23NO3/c1-4-5-10-14(12-18-3)11-8-6-7-9-13(2)15(16)17/h4,9,12H,1,5-8,10-11H2,2-3H3/b13-9+,14-12-. The molecule has 0 fully saturated rings. The van der Waals surface area contributed by atoms with Crippen molar-refractivity contribution >= 4 is 0 Å². The van der Waals surface area contributed by atoms with Crippen molar-refractivity contribution in [2.45, 2.75) is 45.4 Å². The fraction of sp³-hybridized carbons (Fsp3) is 0.571. The van der Waals surface area contributed by atoms with Crippen LogP contribution in [-0.2, 0) is 4.74 Å². The van der Waals surface area contributed by atoms with E-state index >= 15 is 0 Å². The molecule has 0 bridgehead atoms. The quantitative estimate of drug-likeness (QED) is 0.192. The van der Waals surface area contributed by atoms with Gasteiger partial charge in [-0.2, -0.15) is 0 Å². The molecule has 0 aliphatic heterocycles. The molecule has 4 heteroatoms. The zero-order valence-electron chi connectivity index (χ0n) is 11.4. The van der Waals surface area contributed by atoms with Crippen LogP contribution in [0.3, 0.4) is 0 Å². The summed E-state index contributed by atoms with van der Waals surface area (Å²) >= 11 is 0. The van der Waals surface area contributed by atoms with Gasteiger partial charge < -0.3 is 4.74 Å². The molecule has 0 atom stereocenters. The van der Waals surface area contributed by atoms with E-state index in [4.69, 9.17) is 4.74 Å². The number of rotatable bonds is 10. The van der Waals surface area contributed by atoms with Crippen LogP contribution >= 0.6 is 0 Å². The number of nitro groups is 1. The van der Waals surface area contributed by atoms with Crippen LogP contribution in [0.1, 0.15) is 45.4 Å². The van der Waals surface area contributed by atoms with E-state index in [1.54, 1.807) is 19.4 Å². The number of allylic oxidation sites excluding steroid dienone is 4. The summed E-state index contributed by atoms with van der Waals surface area (Å²) in [6, 6.07) is 0. The lowest BCUT2D eigenvalue weighted by atomic mass is 10.0. The smallest absolute Gasteiger partial charge is 0.239 e. The Bertz CT molecular complexity index is 319. The Labute approximate surface area is 109 Å². The highest BCUT2D eigenvalue weighted by molar-refractivity contribution is 4.99. The van der Waals surface area contributed by atoms with Gasteiger partial charge in [0.25, 0.3) is 0 Å². The molecule has 0 saturated carbocycles. The zero-order chi connectivity index (χ0) is 13.8. The van der Waals surface area contributed by atoms with Gasteiger partial charge in [0.15, 0.2) is 0 Å². The Balaban J connectivity index is 3.86. The topological polar surface area (TPSA) is 52.4 Å². The minimum Gasteiger partial charge on any atom is -0.504 e. The Morgan fingerprint density at radius 3 is 2.61 bits per heavy atom. The van der Waals surface area contributed by atoms with Crippen molar-refractivity contribution in [1.82, 2.24) is 0 Å². The maximum absolute atomic E-state index is 10.4. The van der Waals surface area contributed by atoms with Crippen LogP contribution in [0, 0.1) is 10.1 Å². The predicted octanol–water partition coefficient (Wildman–Crippen LogP) is 4.22. The van der Waals surface area contributed by atoms with Crippen molar-refractivity contribution in [1.29, 1.82) is 0 Å². The van der Waals surface area contributed by atoms with Crippen LogP contribution in [-0.4, -0.2) is 12.0 Å². The third-order valence-corrected chi connectivity index (χ3v) is 2.63. The van der Waals surface area contributed by atoms with E-state index in [9.17, 15) is 10.1 Å². The highest BCUT2D eigenvalue weighted by Crippen LogP contribution is 2.15. The number of methoxy groups -OCH3 is 1. The van der Waals surface area contributed by atoms with Crippen LogP contribution in [0.15, 0.2) is 36.3 Å². The average Bonchev–Trinajstić information content (AvgIpc) is 2.34. The molecule has 0 radical (unpaired) electrons. The van der Waals surface area contributed by atoms with E-state index in [1.165, 1.54) is 12.5 Å². The minimum atomic E-state index is -0.347. The van der Waals surface area contributed by atoms with Gasteiger partial charge in [-0.3, -0.25) is 10.1 Å². The highest BCUT2D eigenvalue weighted by Gasteiger charge is 2.01. The normalized spacial score (nSPS) is 12.3. The summed E-state index contributed by atoms with van der Waals surface area (Å²) in [6.45, 7) is 5.23. The molecular formula is C14H23NO3. The monoisotopic (exact) mass is 253 g/mol. The molecule has 4 nitrogen and oxygen atoms in total. The molecule has 0 saturated heterocycles. The van der Waals surface area contributed by atoms with Gasteiger partial charge in [0.05, 0.1) is 18.3 Å². The van der Waals surface area contributed by atoms with E-state index in [-0.39, 0.29) is 10.6 Å². The number of ether oxygens (including phenoxy) is 1. The third kappa shape index (κ3) is 8.56. The Kier molecular flexibility index (Phi) is 9.64. The van der Waals surface area contributed by atoms with E-state index in [0.29, 0.717) is 0 Å². The molecule has 0 amide bonds.